The molecule has 3 aromatic rings. The molecular weight excluding hydrogens is 318 g/mol. The quantitative estimate of drug-likeness (QED) is 0.775. The number of nitrogens with zero attached hydrogens (tertiary/aromatic N) is 2. The summed E-state index contributed by atoms with van der Waals surface area (Å²) in [7, 11) is 0. The van der Waals surface area contributed by atoms with E-state index in [0.717, 1.165) is 0 Å². The van der Waals surface area contributed by atoms with E-state index >= 15 is 0 Å². The summed E-state index contributed by atoms with van der Waals surface area (Å²) in [5.74, 6) is 0.565. The van der Waals surface area contributed by atoms with E-state index < -0.39 is 0 Å². The summed E-state index contributed by atoms with van der Waals surface area (Å²) in [4.78, 5) is 25.4. The zero-order valence-electron chi connectivity index (χ0n) is 14.5. The van der Waals surface area contributed by atoms with Gasteiger partial charge in [-0.15, -0.1) is 0 Å². The Morgan fingerprint density at radius 1 is 1.16 bits per heavy atom. The summed E-state index contributed by atoms with van der Waals surface area (Å²) < 4.78 is 6.70. The van der Waals surface area contributed by atoms with Crippen LogP contribution in [0.2, 0.25) is 0 Å². The van der Waals surface area contributed by atoms with Gasteiger partial charge in [0, 0.05) is 11.9 Å². The van der Waals surface area contributed by atoms with Crippen LogP contribution in [0, 0.1) is 5.92 Å². The van der Waals surface area contributed by atoms with Crippen molar-refractivity contribution in [1.29, 1.82) is 0 Å². The first-order chi connectivity index (χ1) is 12.0. The van der Waals surface area contributed by atoms with Gasteiger partial charge in [0.15, 0.2) is 5.69 Å². The Bertz CT molecular complexity index is 942. The lowest BCUT2D eigenvalue weighted by molar-refractivity contribution is 0.0929. The van der Waals surface area contributed by atoms with Crippen LogP contribution < -0.4 is 10.9 Å². The SMILES string of the molecule is CC(C)Cn1nc(C(=O)N[C@@H](C)c2ccco2)c2ccccc2c1=O. The Morgan fingerprint density at radius 2 is 1.88 bits per heavy atom. The molecule has 0 aliphatic carbocycles. The number of hydrogen-bond acceptors (Lipinski definition) is 4. The van der Waals surface area contributed by atoms with Gasteiger partial charge in [0.25, 0.3) is 11.5 Å². The van der Waals surface area contributed by atoms with Crippen LogP contribution >= 0.6 is 0 Å². The third-order valence-electron chi connectivity index (χ3n) is 3.94. The third-order valence-corrected chi connectivity index (χ3v) is 3.94. The number of fused-ring (bicyclic) bond motifs is 1. The average molecular weight is 339 g/mol. The smallest absolute Gasteiger partial charge is 0.274 e. The molecule has 6 heteroatoms. The Labute approximate surface area is 145 Å². The number of rotatable bonds is 5. The molecule has 130 valence electrons. The molecule has 0 saturated carbocycles. The monoisotopic (exact) mass is 339 g/mol. The summed E-state index contributed by atoms with van der Waals surface area (Å²) in [6.07, 6.45) is 1.56. The number of carbonyl (C=O) groups excluding carboxylic acids is 1. The van der Waals surface area contributed by atoms with E-state index in [9.17, 15) is 9.59 Å². The minimum Gasteiger partial charge on any atom is -0.467 e. The molecule has 0 unspecified atom stereocenters. The minimum atomic E-state index is -0.336. The van der Waals surface area contributed by atoms with Crippen LogP contribution in [0.4, 0.5) is 0 Å². The molecule has 0 saturated heterocycles. The summed E-state index contributed by atoms with van der Waals surface area (Å²) in [5.41, 5.74) is 0.0641. The second-order valence-corrected chi connectivity index (χ2v) is 6.49. The first-order valence-electron chi connectivity index (χ1n) is 8.31. The minimum absolute atomic E-state index is 0.181. The van der Waals surface area contributed by atoms with Crippen LogP contribution in [0.15, 0.2) is 51.9 Å². The molecule has 2 heterocycles. The molecule has 1 atom stereocenters. The van der Waals surface area contributed by atoms with Gasteiger partial charge in [-0.05, 0) is 31.0 Å². The normalized spacial score (nSPS) is 12.5. The van der Waals surface area contributed by atoms with Crippen LogP contribution in [0.5, 0.6) is 0 Å². The number of furan rings is 1. The van der Waals surface area contributed by atoms with E-state index in [-0.39, 0.29) is 29.1 Å². The van der Waals surface area contributed by atoms with Gasteiger partial charge < -0.3 is 9.73 Å². The lowest BCUT2D eigenvalue weighted by Gasteiger charge is -2.15. The fraction of sp³-hybridized carbons (Fsp3) is 0.316. The Morgan fingerprint density at radius 3 is 2.52 bits per heavy atom. The fourth-order valence-electron chi connectivity index (χ4n) is 2.75. The van der Waals surface area contributed by atoms with E-state index in [1.54, 1.807) is 42.7 Å². The van der Waals surface area contributed by atoms with Crippen LogP contribution in [0.3, 0.4) is 0 Å². The highest BCUT2D eigenvalue weighted by molar-refractivity contribution is 6.04. The van der Waals surface area contributed by atoms with Crippen molar-refractivity contribution in [2.75, 3.05) is 0 Å². The molecule has 1 N–H and O–H groups in total. The van der Waals surface area contributed by atoms with Crippen LogP contribution in [0.25, 0.3) is 10.8 Å². The van der Waals surface area contributed by atoms with Crippen molar-refractivity contribution < 1.29 is 9.21 Å². The topological polar surface area (TPSA) is 77.1 Å². The number of carbonyl (C=O) groups is 1. The van der Waals surface area contributed by atoms with Crippen LogP contribution in [0.1, 0.15) is 43.1 Å². The van der Waals surface area contributed by atoms with Crippen molar-refractivity contribution in [3.8, 4) is 0 Å². The lowest BCUT2D eigenvalue weighted by Crippen LogP contribution is -2.32. The van der Waals surface area contributed by atoms with Crippen molar-refractivity contribution in [3.63, 3.8) is 0 Å². The van der Waals surface area contributed by atoms with E-state index in [2.05, 4.69) is 10.4 Å². The van der Waals surface area contributed by atoms with Gasteiger partial charge in [0.2, 0.25) is 0 Å². The highest BCUT2D eigenvalue weighted by Crippen LogP contribution is 2.17. The molecule has 0 spiro atoms. The van der Waals surface area contributed by atoms with Crippen molar-refractivity contribution in [3.05, 3.63) is 64.5 Å². The van der Waals surface area contributed by atoms with E-state index in [1.165, 1.54) is 4.68 Å². The lowest BCUT2D eigenvalue weighted by atomic mass is 10.1. The van der Waals surface area contributed by atoms with E-state index in [4.69, 9.17) is 4.42 Å². The molecule has 0 bridgehead atoms. The maximum Gasteiger partial charge on any atom is 0.274 e. The number of benzene rings is 1. The summed E-state index contributed by atoms with van der Waals surface area (Å²) >= 11 is 0. The highest BCUT2D eigenvalue weighted by Gasteiger charge is 2.19. The Balaban J connectivity index is 2.03. The molecule has 25 heavy (non-hydrogen) atoms. The molecule has 0 aliphatic rings. The molecule has 0 radical (unpaired) electrons. The highest BCUT2D eigenvalue weighted by atomic mass is 16.3. The second kappa shape index (κ2) is 6.93. The molecule has 1 aromatic carbocycles. The number of amides is 1. The molecule has 0 fully saturated rings. The maximum absolute atomic E-state index is 12.8. The molecule has 1 amide bonds. The third kappa shape index (κ3) is 3.47. The van der Waals surface area contributed by atoms with Crippen LogP contribution in [-0.2, 0) is 6.54 Å². The van der Waals surface area contributed by atoms with Gasteiger partial charge >= 0.3 is 0 Å². The van der Waals surface area contributed by atoms with Crippen LogP contribution in [-0.4, -0.2) is 15.7 Å². The fourth-order valence-corrected chi connectivity index (χ4v) is 2.75. The number of hydrogen-bond donors (Lipinski definition) is 1. The van der Waals surface area contributed by atoms with E-state index in [1.807, 2.05) is 20.8 Å². The van der Waals surface area contributed by atoms with E-state index in [0.29, 0.717) is 23.1 Å². The number of nitrogens with one attached hydrogen (secondary N) is 1. The predicted octanol–water partition coefficient (Wildman–Crippen LogP) is 3.14. The van der Waals surface area contributed by atoms with Crippen molar-refractivity contribution >= 4 is 16.7 Å². The molecule has 3 rings (SSSR count). The van der Waals surface area contributed by atoms with Crippen molar-refractivity contribution in [2.45, 2.75) is 33.4 Å². The maximum atomic E-state index is 12.8. The van der Waals surface area contributed by atoms with Gasteiger partial charge in [-0.25, -0.2) is 4.68 Å². The number of aromatic nitrogens is 2. The molecule has 6 nitrogen and oxygen atoms in total. The molecule has 2 aromatic heterocycles. The molecular formula is C19H21N3O3. The molecule has 0 aliphatic heterocycles. The Kier molecular flexibility index (Phi) is 4.70. The first-order valence-corrected chi connectivity index (χ1v) is 8.31. The van der Waals surface area contributed by atoms with Crippen molar-refractivity contribution in [1.82, 2.24) is 15.1 Å². The van der Waals surface area contributed by atoms with Crippen molar-refractivity contribution in [2.24, 2.45) is 5.92 Å². The Hall–Kier alpha value is -2.89. The van der Waals surface area contributed by atoms with Gasteiger partial charge in [0.1, 0.15) is 5.76 Å². The standard InChI is InChI=1S/C19H21N3O3/c1-12(2)11-22-19(24)15-8-5-4-7-14(15)17(21-22)18(23)20-13(3)16-9-6-10-25-16/h4-10,12-13H,11H2,1-3H3,(H,20,23)/t13-/m0/s1. The van der Waals surface area contributed by atoms with Gasteiger partial charge in [-0.1, -0.05) is 32.0 Å². The second-order valence-electron chi connectivity index (χ2n) is 6.49. The zero-order chi connectivity index (χ0) is 18.0. The first kappa shape index (κ1) is 17.0. The van der Waals surface area contributed by atoms with Gasteiger partial charge in [-0.3, -0.25) is 9.59 Å². The summed E-state index contributed by atoms with van der Waals surface area (Å²) in [6, 6.07) is 10.3. The summed E-state index contributed by atoms with van der Waals surface area (Å²) in [6.45, 7) is 6.30. The van der Waals surface area contributed by atoms with Gasteiger partial charge in [0.05, 0.1) is 17.7 Å². The zero-order valence-corrected chi connectivity index (χ0v) is 14.5. The average Bonchev–Trinajstić information content (AvgIpc) is 3.11. The van der Waals surface area contributed by atoms with Gasteiger partial charge in [-0.2, -0.15) is 5.10 Å². The summed E-state index contributed by atoms with van der Waals surface area (Å²) in [5, 5.41) is 8.26. The largest absolute Gasteiger partial charge is 0.467 e. The predicted molar refractivity (Wildman–Crippen MR) is 95.4 cm³/mol.